The zero-order valence-corrected chi connectivity index (χ0v) is 7.32. The van der Waals surface area contributed by atoms with Crippen LogP contribution in [0.1, 0.15) is 16.5 Å². The number of nitrogens with zero attached hydrogens (tertiary/aromatic N) is 1. The second-order valence-corrected chi connectivity index (χ2v) is 2.84. The quantitative estimate of drug-likeness (QED) is 0.734. The number of benzene rings is 1. The summed E-state index contributed by atoms with van der Waals surface area (Å²) in [4.78, 5) is 10.5. The number of carboxylic acids is 1. The van der Waals surface area contributed by atoms with E-state index in [1.807, 2.05) is 6.07 Å². The van der Waals surface area contributed by atoms with Gasteiger partial charge in [-0.2, -0.15) is 5.26 Å². The second kappa shape index (κ2) is 3.92. The van der Waals surface area contributed by atoms with Gasteiger partial charge in [0.1, 0.15) is 0 Å². The Balaban J connectivity index is 3.15. The third-order valence-corrected chi connectivity index (χ3v) is 1.99. The molecule has 0 bridgehead atoms. The predicted octanol–water partition coefficient (Wildman–Crippen LogP) is 1.92. The number of hydrogen-bond donors (Lipinski definition) is 1. The molecule has 1 aromatic rings. The van der Waals surface area contributed by atoms with Gasteiger partial charge in [0.2, 0.25) is 0 Å². The molecule has 0 spiro atoms. The number of carboxylic acid groups (broad SMARTS) is 1. The van der Waals surface area contributed by atoms with Gasteiger partial charge < -0.3 is 5.11 Å². The van der Waals surface area contributed by atoms with Gasteiger partial charge in [-0.25, -0.2) is 0 Å². The van der Waals surface area contributed by atoms with E-state index >= 15 is 0 Å². The lowest BCUT2D eigenvalue weighted by molar-refractivity contribution is -0.136. The van der Waals surface area contributed by atoms with Crippen molar-refractivity contribution in [3.8, 4) is 6.07 Å². The van der Waals surface area contributed by atoms with E-state index in [0.717, 1.165) is 0 Å². The molecule has 1 atom stereocenters. The van der Waals surface area contributed by atoms with Crippen molar-refractivity contribution in [2.75, 3.05) is 0 Å². The molecule has 1 aromatic carbocycles. The van der Waals surface area contributed by atoms with Crippen molar-refractivity contribution in [1.29, 1.82) is 5.26 Å². The smallest absolute Gasteiger partial charge is 0.326 e. The van der Waals surface area contributed by atoms with E-state index in [1.54, 1.807) is 12.1 Å². The topological polar surface area (TPSA) is 61.1 Å². The maximum atomic E-state index is 10.5. The van der Waals surface area contributed by atoms with Crippen molar-refractivity contribution < 1.29 is 9.90 Å². The summed E-state index contributed by atoms with van der Waals surface area (Å²) < 4.78 is 0. The summed E-state index contributed by atoms with van der Waals surface area (Å²) >= 11 is 5.57. The Morgan fingerprint density at radius 1 is 1.54 bits per heavy atom. The molecule has 0 heterocycles. The summed E-state index contributed by atoms with van der Waals surface area (Å²) in [5.41, 5.74) is 0.629. The molecule has 0 aliphatic carbocycles. The lowest BCUT2D eigenvalue weighted by atomic mass is 10.1. The molecule has 0 aliphatic heterocycles. The summed E-state index contributed by atoms with van der Waals surface area (Å²) in [6, 6.07) is 8.26. The molecule has 1 N–H and O–H groups in total. The van der Waals surface area contributed by atoms with Gasteiger partial charge in [0.25, 0.3) is 0 Å². The van der Waals surface area contributed by atoms with Gasteiger partial charge in [-0.3, -0.25) is 4.79 Å². The van der Waals surface area contributed by atoms with Gasteiger partial charge in [-0.05, 0) is 11.6 Å². The van der Waals surface area contributed by atoms with E-state index in [2.05, 4.69) is 0 Å². The van der Waals surface area contributed by atoms with Gasteiger partial charge in [0, 0.05) is 0 Å². The zero-order chi connectivity index (χ0) is 9.84. The van der Waals surface area contributed by atoms with Crippen LogP contribution in [-0.4, -0.2) is 11.1 Å². The summed E-state index contributed by atoms with van der Waals surface area (Å²) in [6.07, 6.45) is 0. The zero-order valence-electron chi connectivity index (χ0n) is 6.57. The van der Waals surface area contributed by atoms with Crippen LogP contribution in [0.25, 0.3) is 0 Å². The number of alkyl halides is 1. The average molecular weight is 196 g/mol. The Morgan fingerprint density at radius 2 is 2.15 bits per heavy atom. The first kappa shape index (κ1) is 9.56. The first-order chi connectivity index (χ1) is 6.16. The van der Waals surface area contributed by atoms with Gasteiger partial charge in [0.15, 0.2) is 5.38 Å². The highest BCUT2D eigenvalue weighted by Gasteiger charge is 2.18. The Hall–Kier alpha value is -1.53. The van der Waals surface area contributed by atoms with Crippen LogP contribution < -0.4 is 0 Å². The number of halogens is 1. The number of nitriles is 1. The Labute approximate surface area is 80.2 Å². The van der Waals surface area contributed by atoms with E-state index in [9.17, 15) is 4.79 Å². The molecule has 0 saturated heterocycles. The molecule has 13 heavy (non-hydrogen) atoms. The fraction of sp³-hybridized carbons (Fsp3) is 0.111. The molecule has 3 nitrogen and oxygen atoms in total. The molecule has 1 unspecified atom stereocenters. The van der Waals surface area contributed by atoms with Crippen LogP contribution in [0, 0.1) is 11.3 Å². The summed E-state index contributed by atoms with van der Waals surface area (Å²) in [5.74, 6) is -1.15. The highest BCUT2D eigenvalue weighted by molar-refractivity contribution is 6.29. The number of aliphatic carboxylic acids is 1. The van der Waals surface area contributed by atoms with E-state index in [0.29, 0.717) is 11.1 Å². The normalized spacial score (nSPS) is 11.7. The molecule has 0 aliphatic rings. The lowest BCUT2D eigenvalue weighted by Gasteiger charge is -2.05. The Kier molecular flexibility index (Phi) is 2.88. The standard InChI is InChI=1S/C9H6ClNO2/c10-8(9(12)13)7-4-2-1-3-6(7)5-11/h1-4,8H,(H,12,13). The van der Waals surface area contributed by atoms with Crippen molar-refractivity contribution in [2.24, 2.45) is 0 Å². The van der Waals surface area contributed by atoms with E-state index in [1.165, 1.54) is 12.1 Å². The average Bonchev–Trinajstić information content (AvgIpc) is 2.16. The molecule has 0 aromatic heterocycles. The van der Waals surface area contributed by atoms with Crippen molar-refractivity contribution >= 4 is 17.6 Å². The van der Waals surface area contributed by atoms with Gasteiger partial charge in [-0.15, -0.1) is 11.6 Å². The van der Waals surface area contributed by atoms with Crippen LogP contribution in [0.4, 0.5) is 0 Å². The molecule has 0 saturated carbocycles. The third-order valence-electron chi connectivity index (χ3n) is 1.57. The highest BCUT2D eigenvalue weighted by atomic mass is 35.5. The van der Waals surface area contributed by atoms with Gasteiger partial charge in [-0.1, -0.05) is 18.2 Å². The minimum Gasteiger partial charge on any atom is -0.480 e. The van der Waals surface area contributed by atoms with Crippen molar-refractivity contribution in [3.63, 3.8) is 0 Å². The fourth-order valence-electron chi connectivity index (χ4n) is 0.953. The minimum absolute atomic E-state index is 0.296. The first-order valence-electron chi connectivity index (χ1n) is 3.52. The molecular formula is C9H6ClNO2. The Morgan fingerprint density at radius 3 is 2.69 bits per heavy atom. The predicted molar refractivity (Wildman–Crippen MR) is 47.4 cm³/mol. The van der Waals surface area contributed by atoms with E-state index in [4.69, 9.17) is 22.0 Å². The molecule has 4 heteroatoms. The summed E-state index contributed by atoms with van der Waals surface area (Å²) in [7, 11) is 0. The largest absolute Gasteiger partial charge is 0.480 e. The van der Waals surface area contributed by atoms with E-state index < -0.39 is 11.3 Å². The van der Waals surface area contributed by atoms with Crippen LogP contribution in [0.5, 0.6) is 0 Å². The summed E-state index contributed by atoms with van der Waals surface area (Å²) in [5, 5.41) is 16.1. The molecular weight excluding hydrogens is 190 g/mol. The van der Waals surface area contributed by atoms with Gasteiger partial charge >= 0.3 is 5.97 Å². The summed E-state index contributed by atoms with van der Waals surface area (Å²) in [6.45, 7) is 0. The van der Waals surface area contributed by atoms with Crippen LogP contribution in [0.15, 0.2) is 24.3 Å². The minimum atomic E-state index is -1.16. The van der Waals surface area contributed by atoms with Crippen molar-refractivity contribution in [3.05, 3.63) is 35.4 Å². The third kappa shape index (κ3) is 1.98. The SMILES string of the molecule is N#Cc1ccccc1C(Cl)C(=O)O. The van der Waals surface area contributed by atoms with Crippen LogP contribution in [0.3, 0.4) is 0 Å². The highest BCUT2D eigenvalue weighted by Crippen LogP contribution is 2.23. The molecule has 0 fully saturated rings. The van der Waals surface area contributed by atoms with Crippen LogP contribution >= 0.6 is 11.6 Å². The monoisotopic (exact) mass is 195 g/mol. The maximum Gasteiger partial charge on any atom is 0.326 e. The first-order valence-corrected chi connectivity index (χ1v) is 3.96. The molecule has 1 rings (SSSR count). The number of carbonyl (C=O) groups is 1. The Bertz CT molecular complexity index is 370. The van der Waals surface area contributed by atoms with Crippen molar-refractivity contribution in [2.45, 2.75) is 5.38 Å². The van der Waals surface area contributed by atoms with Crippen LogP contribution in [-0.2, 0) is 4.79 Å². The number of hydrogen-bond acceptors (Lipinski definition) is 2. The second-order valence-electron chi connectivity index (χ2n) is 2.40. The van der Waals surface area contributed by atoms with Crippen molar-refractivity contribution in [1.82, 2.24) is 0 Å². The molecule has 0 radical (unpaired) electrons. The molecule has 0 amide bonds. The van der Waals surface area contributed by atoms with Gasteiger partial charge in [0.05, 0.1) is 11.6 Å². The fourth-order valence-corrected chi connectivity index (χ4v) is 1.14. The van der Waals surface area contributed by atoms with Crippen LogP contribution in [0.2, 0.25) is 0 Å². The maximum absolute atomic E-state index is 10.5. The lowest BCUT2D eigenvalue weighted by Crippen LogP contribution is -2.06. The number of rotatable bonds is 2. The molecule has 66 valence electrons. The van der Waals surface area contributed by atoms with E-state index in [-0.39, 0.29) is 0 Å².